The van der Waals surface area contributed by atoms with Gasteiger partial charge in [-0.3, -0.25) is 4.98 Å². The van der Waals surface area contributed by atoms with E-state index in [1.165, 1.54) is 5.56 Å². The van der Waals surface area contributed by atoms with Crippen molar-refractivity contribution in [3.05, 3.63) is 46.2 Å². The van der Waals surface area contributed by atoms with Gasteiger partial charge in [-0.15, -0.1) is 0 Å². The summed E-state index contributed by atoms with van der Waals surface area (Å²) in [6, 6.07) is 4.18. The Balaban J connectivity index is 2.14. The van der Waals surface area contributed by atoms with Gasteiger partial charge < -0.3 is 5.32 Å². The summed E-state index contributed by atoms with van der Waals surface area (Å²) >= 11 is 2.21. The minimum atomic E-state index is 0.200. The minimum Gasteiger partial charge on any atom is -0.363 e. The van der Waals surface area contributed by atoms with Crippen molar-refractivity contribution >= 4 is 28.4 Å². The summed E-state index contributed by atoms with van der Waals surface area (Å²) in [5.41, 5.74) is 1.18. The maximum Gasteiger partial charge on any atom is 0.143 e. The molecule has 1 atom stereocenters. The van der Waals surface area contributed by atoms with Crippen LogP contribution in [0.25, 0.3) is 0 Å². The zero-order chi connectivity index (χ0) is 11.4. The Morgan fingerprint density at radius 1 is 1.25 bits per heavy atom. The normalized spacial score (nSPS) is 12.1. The number of hydrogen-bond acceptors (Lipinski definition) is 4. The van der Waals surface area contributed by atoms with Crippen LogP contribution in [0.1, 0.15) is 18.5 Å². The topological polar surface area (TPSA) is 50.7 Å². The van der Waals surface area contributed by atoms with Crippen LogP contribution in [0.2, 0.25) is 0 Å². The highest BCUT2D eigenvalue weighted by Crippen LogP contribution is 2.20. The summed E-state index contributed by atoms with van der Waals surface area (Å²) in [5, 5.41) is 3.34. The van der Waals surface area contributed by atoms with Crippen LogP contribution in [0.3, 0.4) is 0 Å². The monoisotopic (exact) mass is 326 g/mol. The highest BCUT2D eigenvalue weighted by molar-refractivity contribution is 14.1. The molecule has 0 bridgehead atoms. The summed E-state index contributed by atoms with van der Waals surface area (Å²) in [6.45, 7) is 2.09. The molecule has 2 aromatic rings. The van der Waals surface area contributed by atoms with Crippen molar-refractivity contribution in [1.29, 1.82) is 0 Å². The van der Waals surface area contributed by atoms with Gasteiger partial charge in [-0.1, -0.05) is 0 Å². The highest BCUT2D eigenvalue weighted by Gasteiger charge is 2.07. The molecule has 2 heterocycles. The molecule has 1 unspecified atom stereocenters. The fourth-order valence-corrected chi connectivity index (χ4v) is 1.82. The SMILES string of the molecule is CC(Nc1ncncc1I)c1ccncc1. The minimum absolute atomic E-state index is 0.200. The van der Waals surface area contributed by atoms with Crippen LogP contribution in [0.15, 0.2) is 37.1 Å². The van der Waals surface area contributed by atoms with Gasteiger partial charge >= 0.3 is 0 Å². The van der Waals surface area contributed by atoms with Crippen LogP contribution in [0.5, 0.6) is 0 Å². The van der Waals surface area contributed by atoms with Gasteiger partial charge in [0.05, 0.1) is 9.61 Å². The number of anilines is 1. The Morgan fingerprint density at radius 2 is 2.00 bits per heavy atom. The predicted molar refractivity (Wildman–Crippen MR) is 71.0 cm³/mol. The smallest absolute Gasteiger partial charge is 0.143 e. The zero-order valence-corrected chi connectivity index (χ0v) is 10.9. The number of pyridine rings is 1. The van der Waals surface area contributed by atoms with E-state index < -0.39 is 0 Å². The maximum atomic E-state index is 4.20. The number of nitrogens with zero attached hydrogens (tertiary/aromatic N) is 3. The zero-order valence-electron chi connectivity index (χ0n) is 8.76. The Kier molecular flexibility index (Phi) is 3.66. The Morgan fingerprint density at radius 3 is 2.69 bits per heavy atom. The van der Waals surface area contributed by atoms with Crippen molar-refractivity contribution in [3.8, 4) is 0 Å². The molecule has 4 nitrogen and oxygen atoms in total. The fourth-order valence-electron chi connectivity index (χ4n) is 1.36. The van der Waals surface area contributed by atoms with Gasteiger partial charge in [-0.25, -0.2) is 9.97 Å². The van der Waals surface area contributed by atoms with Crippen molar-refractivity contribution in [2.45, 2.75) is 13.0 Å². The van der Waals surface area contributed by atoms with Crippen molar-refractivity contribution in [2.24, 2.45) is 0 Å². The van der Waals surface area contributed by atoms with Gasteiger partial charge in [-0.05, 0) is 47.2 Å². The third-order valence-electron chi connectivity index (χ3n) is 2.23. The molecule has 0 radical (unpaired) electrons. The van der Waals surface area contributed by atoms with Gasteiger partial charge in [0.1, 0.15) is 12.1 Å². The molecule has 16 heavy (non-hydrogen) atoms. The first-order chi connectivity index (χ1) is 7.77. The van der Waals surface area contributed by atoms with Gasteiger partial charge in [0, 0.05) is 18.6 Å². The van der Waals surface area contributed by atoms with E-state index >= 15 is 0 Å². The molecule has 0 spiro atoms. The fraction of sp³-hybridized carbons (Fsp3) is 0.182. The highest BCUT2D eigenvalue weighted by atomic mass is 127. The first-order valence-corrected chi connectivity index (χ1v) is 5.97. The van der Waals surface area contributed by atoms with Crippen LogP contribution < -0.4 is 5.32 Å². The summed E-state index contributed by atoms with van der Waals surface area (Å²) in [6.07, 6.45) is 6.91. The molecule has 0 aliphatic rings. The maximum absolute atomic E-state index is 4.20. The molecule has 82 valence electrons. The van der Waals surface area contributed by atoms with E-state index in [1.807, 2.05) is 12.1 Å². The Hall–Kier alpha value is -1.24. The lowest BCUT2D eigenvalue weighted by atomic mass is 10.1. The van der Waals surface area contributed by atoms with Crippen LogP contribution in [-0.2, 0) is 0 Å². The summed E-state index contributed by atoms with van der Waals surface area (Å²) < 4.78 is 1.01. The van der Waals surface area contributed by atoms with E-state index in [-0.39, 0.29) is 6.04 Å². The van der Waals surface area contributed by atoms with Crippen LogP contribution in [0, 0.1) is 3.57 Å². The Labute approximate surface area is 108 Å². The summed E-state index contributed by atoms with van der Waals surface area (Å²) in [4.78, 5) is 12.2. The quantitative estimate of drug-likeness (QED) is 0.881. The molecule has 2 aromatic heterocycles. The van der Waals surface area contributed by atoms with Gasteiger partial charge in [-0.2, -0.15) is 0 Å². The molecule has 0 fully saturated rings. The van der Waals surface area contributed by atoms with Crippen molar-refractivity contribution in [1.82, 2.24) is 15.0 Å². The van der Waals surface area contributed by atoms with Crippen LogP contribution in [0.4, 0.5) is 5.82 Å². The van der Waals surface area contributed by atoms with Gasteiger partial charge in [0.2, 0.25) is 0 Å². The molecule has 0 amide bonds. The average molecular weight is 326 g/mol. The largest absolute Gasteiger partial charge is 0.363 e. The number of nitrogens with one attached hydrogen (secondary N) is 1. The molecule has 1 N–H and O–H groups in total. The van der Waals surface area contributed by atoms with Crippen molar-refractivity contribution < 1.29 is 0 Å². The lowest BCUT2D eigenvalue weighted by Gasteiger charge is -2.15. The summed E-state index contributed by atoms with van der Waals surface area (Å²) in [5.74, 6) is 0.861. The lowest BCUT2D eigenvalue weighted by molar-refractivity contribution is 0.866. The molecule has 5 heteroatoms. The Bertz CT molecular complexity index is 461. The van der Waals surface area contributed by atoms with E-state index in [0.29, 0.717) is 0 Å². The lowest BCUT2D eigenvalue weighted by Crippen LogP contribution is -2.09. The molecule has 2 rings (SSSR count). The second kappa shape index (κ2) is 5.20. The molecule has 0 aliphatic heterocycles. The third-order valence-corrected chi connectivity index (χ3v) is 3.02. The van der Waals surface area contributed by atoms with E-state index in [0.717, 1.165) is 9.39 Å². The van der Waals surface area contributed by atoms with Crippen molar-refractivity contribution in [2.75, 3.05) is 5.32 Å². The number of halogens is 1. The average Bonchev–Trinajstić information content (AvgIpc) is 2.33. The second-order valence-corrected chi connectivity index (χ2v) is 4.53. The summed E-state index contributed by atoms with van der Waals surface area (Å²) in [7, 11) is 0. The van der Waals surface area contributed by atoms with Crippen LogP contribution >= 0.6 is 22.6 Å². The van der Waals surface area contributed by atoms with E-state index in [4.69, 9.17) is 0 Å². The first-order valence-electron chi connectivity index (χ1n) is 4.89. The van der Waals surface area contributed by atoms with Crippen molar-refractivity contribution in [3.63, 3.8) is 0 Å². The number of rotatable bonds is 3. The molecule has 0 saturated carbocycles. The standard InChI is InChI=1S/C11H11IN4/c1-8(9-2-4-13-5-3-9)16-11-10(12)6-14-7-15-11/h2-8H,1H3,(H,14,15,16). The molecule has 0 aliphatic carbocycles. The number of aromatic nitrogens is 3. The van der Waals surface area contributed by atoms with Crippen LogP contribution in [-0.4, -0.2) is 15.0 Å². The molecular formula is C11H11IN4. The molecule has 0 aromatic carbocycles. The number of hydrogen-bond donors (Lipinski definition) is 1. The molecule has 0 saturated heterocycles. The third kappa shape index (κ3) is 2.66. The first kappa shape index (κ1) is 11.3. The van der Waals surface area contributed by atoms with E-state index in [2.05, 4.69) is 49.8 Å². The van der Waals surface area contributed by atoms with Gasteiger partial charge in [0.25, 0.3) is 0 Å². The molecular weight excluding hydrogens is 315 g/mol. The predicted octanol–water partition coefficient (Wildman–Crippen LogP) is 2.65. The van der Waals surface area contributed by atoms with E-state index in [1.54, 1.807) is 24.9 Å². The van der Waals surface area contributed by atoms with E-state index in [9.17, 15) is 0 Å². The van der Waals surface area contributed by atoms with Gasteiger partial charge in [0.15, 0.2) is 0 Å². The second-order valence-electron chi connectivity index (χ2n) is 3.37.